The highest BCUT2D eigenvalue weighted by Gasteiger charge is 2.64. The zero-order valence-corrected chi connectivity index (χ0v) is 16.8. The molecule has 142 valence electrons. The number of hydrogen-bond donors (Lipinski definition) is 0. The second-order valence-electron chi connectivity index (χ2n) is 9.84. The van der Waals surface area contributed by atoms with Gasteiger partial charge in [-0.2, -0.15) is 0 Å². The normalized spacial score (nSPS) is 47.2. The Morgan fingerprint density at radius 2 is 1.56 bits per heavy atom. The van der Waals surface area contributed by atoms with E-state index in [-0.39, 0.29) is 17.5 Å². The van der Waals surface area contributed by atoms with Gasteiger partial charge >= 0.3 is 5.97 Å². The molecular formula is C23H38O2. The maximum atomic E-state index is 13.3. The Morgan fingerprint density at radius 3 is 2.12 bits per heavy atom. The SMILES string of the molecule is CCC1CC(CC)C2C3CC(C(C)C3C(=O)OC3(CC)CCCC3)C12. The lowest BCUT2D eigenvalue weighted by Crippen LogP contribution is -2.42. The van der Waals surface area contributed by atoms with Crippen LogP contribution >= 0.6 is 0 Å². The Kier molecular flexibility index (Phi) is 4.69. The second kappa shape index (κ2) is 6.57. The van der Waals surface area contributed by atoms with E-state index in [0.29, 0.717) is 11.8 Å². The van der Waals surface area contributed by atoms with Crippen molar-refractivity contribution in [2.24, 2.45) is 47.3 Å². The zero-order chi connectivity index (χ0) is 17.8. The van der Waals surface area contributed by atoms with Gasteiger partial charge in [-0.1, -0.05) is 40.5 Å². The van der Waals surface area contributed by atoms with Gasteiger partial charge in [0.2, 0.25) is 0 Å². The third-order valence-corrected chi connectivity index (χ3v) is 9.17. The van der Waals surface area contributed by atoms with Gasteiger partial charge in [-0.15, -0.1) is 0 Å². The Bertz CT molecular complexity index is 506. The summed E-state index contributed by atoms with van der Waals surface area (Å²) in [7, 11) is 0. The van der Waals surface area contributed by atoms with Crippen LogP contribution in [0.25, 0.3) is 0 Å². The predicted molar refractivity (Wildman–Crippen MR) is 101 cm³/mol. The molecule has 4 aliphatic carbocycles. The van der Waals surface area contributed by atoms with Crippen molar-refractivity contribution >= 4 is 5.97 Å². The minimum Gasteiger partial charge on any atom is -0.459 e. The number of esters is 1. The lowest BCUT2D eigenvalue weighted by Gasteiger charge is -2.40. The first kappa shape index (κ1) is 17.9. The Labute approximate surface area is 154 Å². The first-order chi connectivity index (χ1) is 12.0. The number of ether oxygens (including phenoxy) is 1. The second-order valence-corrected chi connectivity index (χ2v) is 9.84. The number of hydrogen-bond acceptors (Lipinski definition) is 2. The van der Waals surface area contributed by atoms with Gasteiger partial charge in [0.15, 0.2) is 0 Å². The number of carbonyl (C=O) groups excluding carboxylic acids is 1. The van der Waals surface area contributed by atoms with E-state index in [4.69, 9.17) is 4.74 Å². The molecule has 8 unspecified atom stereocenters. The van der Waals surface area contributed by atoms with E-state index in [1.807, 2.05) is 0 Å². The molecule has 0 N–H and O–H groups in total. The summed E-state index contributed by atoms with van der Waals surface area (Å²) in [6.45, 7) is 9.32. The minimum atomic E-state index is -0.121. The first-order valence-corrected chi connectivity index (χ1v) is 11.3. The molecule has 0 saturated heterocycles. The van der Waals surface area contributed by atoms with E-state index in [2.05, 4.69) is 27.7 Å². The highest BCUT2D eigenvalue weighted by Crippen LogP contribution is 2.67. The fourth-order valence-electron chi connectivity index (χ4n) is 7.93. The molecule has 4 saturated carbocycles. The van der Waals surface area contributed by atoms with Crippen LogP contribution in [0.1, 0.15) is 85.5 Å². The van der Waals surface area contributed by atoms with E-state index >= 15 is 0 Å². The molecule has 2 nitrogen and oxygen atoms in total. The molecule has 0 aromatic carbocycles. The van der Waals surface area contributed by atoms with Crippen LogP contribution in [0.3, 0.4) is 0 Å². The minimum absolute atomic E-state index is 0.121. The van der Waals surface area contributed by atoms with Crippen molar-refractivity contribution in [2.45, 2.75) is 91.1 Å². The summed E-state index contributed by atoms with van der Waals surface area (Å²) in [6, 6.07) is 0. The van der Waals surface area contributed by atoms with E-state index < -0.39 is 0 Å². The van der Waals surface area contributed by atoms with Crippen LogP contribution in [0.15, 0.2) is 0 Å². The Hall–Kier alpha value is -0.530. The van der Waals surface area contributed by atoms with Crippen molar-refractivity contribution in [2.75, 3.05) is 0 Å². The molecule has 2 heteroatoms. The molecule has 8 atom stereocenters. The highest BCUT2D eigenvalue weighted by atomic mass is 16.6. The fraction of sp³-hybridized carbons (Fsp3) is 0.957. The summed E-state index contributed by atoms with van der Waals surface area (Å²) in [5, 5.41) is 0. The average Bonchev–Trinajstić information content (AvgIpc) is 3.34. The number of carbonyl (C=O) groups is 1. The standard InChI is InChI=1S/C23H38O2/c1-5-15-12-16(6-2)21-18-13-17(20(15)21)14(4)19(18)22(24)25-23(7-3)10-8-9-11-23/h14-21H,5-13H2,1-4H3. The molecule has 4 fully saturated rings. The first-order valence-electron chi connectivity index (χ1n) is 11.3. The van der Waals surface area contributed by atoms with Crippen LogP contribution in [0.5, 0.6) is 0 Å². The molecule has 4 aliphatic rings. The number of rotatable bonds is 5. The molecule has 0 spiro atoms. The maximum absolute atomic E-state index is 13.3. The monoisotopic (exact) mass is 346 g/mol. The van der Waals surface area contributed by atoms with E-state index in [1.165, 1.54) is 38.5 Å². The van der Waals surface area contributed by atoms with Gasteiger partial charge in [0.1, 0.15) is 5.60 Å². The molecule has 0 amide bonds. The molecule has 0 heterocycles. The molecule has 0 aliphatic heterocycles. The third kappa shape index (κ3) is 2.60. The molecule has 2 bridgehead atoms. The quantitative estimate of drug-likeness (QED) is 0.584. The van der Waals surface area contributed by atoms with E-state index in [1.54, 1.807) is 0 Å². The van der Waals surface area contributed by atoms with Crippen LogP contribution in [0.2, 0.25) is 0 Å². The summed E-state index contributed by atoms with van der Waals surface area (Å²) in [6.07, 6.45) is 11.0. The highest BCUT2D eigenvalue weighted by molar-refractivity contribution is 5.74. The number of fused-ring (bicyclic) bond motifs is 5. The molecule has 4 rings (SSSR count). The van der Waals surface area contributed by atoms with Crippen molar-refractivity contribution in [1.29, 1.82) is 0 Å². The summed E-state index contributed by atoms with van der Waals surface area (Å²) < 4.78 is 6.29. The van der Waals surface area contributed by atoms with Crippen LogP contribution in [-0.2, 0) is 9.53 Å². The van der Waals surface area contributed by atoms with Crippen LogP contribution in [-0.4, -0.2) is 11.6 Å². The fourth-order valence-corrected chi connectivity index (χ4v) is 7.93. The van der Waals surface area contributed by atoms with Crippen LogP contribution in [0.4, 0.5) is 0 Å². The lowest BCUT2D eigenvalue weighted by atomic mass is 9.66. The lowest BCUT2D eigenvalue weighted by molar-refractivity contribution is -0.170. The molecular weight excluding hydrogens is 308 g/mol. The van der Waals surface area contributed by atoms with Crippen molar-refractivity contribution in [3.63, 3.8) is 0 Å². The summed E-state index contributed by atoms with van der Waals surface area (Å²) in [4.78, 5) is 13.3. The van der Waals surface area contributed by atoms with Crippen molar-refractivity contribution < 1.29 is 9.53 Å². The summed E-state index contributed by atoms with van der Waals surface area (Å²) >= 11 is 0. The van der Waals surface area contributed by atoms with Gasteiger partial charge in [0.05, 0.1) is 5.92 Å². The van der Waals surface area contributed by atoms with E-state index in [0.717, 1.165) is 48.9 Å². The molecule has 0 aromatic heterocycles. The van der Waals surface area contributed by atoms with Crippen LogP contribution < -0.4 is 0 Å². The van der Waals surface area contributed by atoms with Gasteiger partial charge in [0, 0.05) is 0 Å². The maximum Gasteiger partial charge on any atom is 0.310 e. The van der Waals surface area contributed by atoms with Gasteiger partial charge in [-0.3, -0.25) is 4.79 Å². The molecule has 0 aromatic rings. The van der Waals surface area contributed by atoms with Crippen molar-refractivity contribution in [3.05, 3.63) is 0 Å². The predicted octanol–water partition coefficient (Wildman–Crippen LogP) is 5.84. The van der Waals surface area contributed by atoms with Crippen LogP contribution in [0, 0.1) is 47.3 Å². The van der Waals surface area contributed by atoms with Gasteiger partial charge in [0.25, 0.3) is 0 Å². The van der Waals surface area contributed by atoms with Crippen molar-refractivity contribution in [1.82, 2.24) is 0 Å². The molecule has 25 heavy (non-hydrogen) atoms. The summed E-state index contributed by atoms with van der Waals surface area (Å²) in [5.74, 6) is 5.82. The van der Waals surface area contributed by atoms with Gasteiger partial charge < -0.3 is 4.74 Å². The van der Waals surface area contributed by atoms with E-state index in [9.17, 15) is 4.79 Å². The van der Waals surface area contributed by atoms with Crippen molar-refractivity contribution in [3.8, 4) is 0 Å². The Balaban J connectivity index is 1.53. The third-order valence-electron chi connectivity index (χ3n) is 9.17. The zero-order valence-electron chi connectivity index (χ0n) is 16.8. The largest absolute Gasteiger partial charge is 0.459 e. The average molecular weight is 347 g/mol. The Morgan fingerprint density at radius 1 is 0.960 bits per heavy atom. The topological polar surface area (TPSA) is 26.3 Å². The summed E-state index contributed by atoms with van der Waals surface area (Å²) in [5.41, 5.74) is -0.121. The molecule has 0 radical (unpaired) electrons. The smallest absolute Gasteiger partial charge is 0.310 e. The van der Waals surface area contributed by atoms with Gasteiger partial charge in [-0.05, 0) is 86.4 Å². The van der Waals surface area contributed by atoms with Gasteiger partial charge in [-0.25, -0.2) is 0 Å².